The van der Waals surface area contributed by atoms with Crippen LogP contribution in [0.25, 0.3) is 0 Å². The van der Waals surface area contributed by atoms with Crippen LogP contribution in [-0.4, -0.2) is 40.9 Å². The summed E-state index contributed by atoms with van der Waals surface area (Å²) in [5, 5.41) is 7.72. The van der Waals surface area contributed by atoms with Crippen LogP contribution in [0.4, 0.5) is 11.5 Å². The highest BCUT2D eigenvalue weighted by molar-refractivity contribution is 5.60. The minimum Gasteiger partial charge on any atom is -0.394 e. The summed E-state index contributed by atoms with van der Waals surface area (Å²) in [6.07, 6.45) is 6.97. The van der Waals surface area contributed by atoms with E-state index in [1.807, 2.05) is 13.2 Å². The van der Waals surface area contributed by atoms with Crippen LogP contribution in [0, 0.1) is 0 Å². The van der Waals surface area contributed by atoms with E-state index in [1.165, 1.54) is 25.7 Å². The van der Waals surface area contributed by atoms with Crippen LogP contribution in [0.2, 0.25) is 0 Å². The molecule has 0 atom stereocenters. The highest BCUT2D eigenvalue weighted by Crippen LogP contribution is 2.34. The first-order valence-electron chi connectivity index (χ1n) is 6.24. The Bertz CT molecular complexity index is 376. The van der Waals surface area contributed by atoms with E-state index < -0.39 is 0 Å². The van der Waals surface area contributed by atoms with E-state index >= 15 is 0 Å². The third kappa shape index (κ3) is 2.39. The van der Waals surface area contributed by atoms with Gasteiger partial charge in [0.15, 0.2) is 5.82 Å². The highest BCUT2D eigenvalue weighted by Gasteiger charge is 2.35. The van der Waals surface area contributed by atoms with Crippen LogP contribution in [0.1, 0.15) is 25.7 Å². The Hall–Kier alpha value is -1.23. The smallest absolute Gasteiger partial charge is 0.171 e. The van der Waals surface area contributed by atoms with Gasteiger partial charge in [0.2, 0.25) is 0 Å². The van der Waals surface area contributed by atoms with Gasteiger partial charge in [-0.05, 0) is 26.9 Å². The normalized spacial score (nSPS) is 18.8. The van der Waals surface area contributed by atoms with Crippen molar-refractivity contribution in [3.05, 3.63) is 6.20 Å². The fourth-order valence-corrected chi connectivity index (χ4v) is 2.71. The molecule has 5 heteroatoms. The van der Waals surface area contributed by atoms with Crippen LogP contribution in [0.3, 0.4) is 0 Å². The van der Waals surface area contributed by atoms with E-state index in [0.717, 1.165) is 18.1 Å². The fourth-order valence-electron chi connectivity index (χ4n) is 2.71. The lowest BCUT2D eigenvalue weighted by molar-refractivity contribution is 0.172. The Morgan fingerprint density at radius 1 is 1.47 bits per heavy atom. The van der Waals surface area contributed by atoms with Gasteiger partial charge in [0.1, 0.15) is 0 Å². The molecule has 1 fully saturated rings. The summed E-state index contributed by atoms with van der Waals surface area (Å²) in [5.74, 6) is 0.806. The molecule has 1 heterocycles. The molecule has 0 spiro atoms. The molecule has 1 aromatic rings. The molecule has 0 bridgehead atoms. The zero-order valence-corrected chi connectivity index (χ0v) is 11.0. The molecule has 0 saturated heterocycles. The average molecular weight is 237 g/mol. The topological polar surface area (TPSA) is 59.1 Å². The second-order valence-corrected chi connectivity index (χ2v) is 5.29. The molecule has 1 saturated carbocycles. The Morgan fingerprint density at radius 2 is 2.12 bits per heavy atom. The van der Waals surface area contributed by atoms with E-state index in [-0.39, 0.29) is 5.54 Å². The number of nitrogens with zero attached hydrogens (tertiary/aromatic N) is 3. The molecule has 0 unspecified atom stereocenters. The molecule has 0 amide bonds. The maximum Gasteiger partial charge on any atom is 0.171 e. The van der Waals surface area contributed by atoms with Gasteiger partial charge in [0.25, 0.3) is 0 Å². The highest BCUT2D eigenvalue weighted by atomic mass is 15.3. The lowest BCUT2D eigenvalue weighted by atomic mass is 9.96. The van der Waals surface area contributed by atoms with Crippen LogP contribution >= 0.6 is 0 Å². The van der Waals surface area contributed by atoms with E-state index in [0.29, 0.717) is 0 Å². The number of hydrogen-bond acceptors (Lipinski definition) is 4. The molecule has 0 aromatic carbocycles. The summed E-state index contributed by atoms with van der Waals surface area (Å²) in [6.45, 7) is 0.918. The number of hydrogen-bond donors (Lipinski definition) is 2. The number of aromatic nitrogens is 2. The van der Waals surface area contributed by atoms with Crippen molar-refractivity contribution in [3.8, 4) is 0 Å². The van der Waals surface area contributed by atoms with Crippen molar-refractivity contribution >= 4 is 11.5 Å². The van der Waals surface area contributed by atoms with Crippen molar-refractivity contribution in [2.24, 2.45) is 7.05 Å². The summed E-state index contributed by atoms with van der Waals surface area (Å²) in [5.41, 5.74) is 6.88. The molecule has 17 heavy (non-hydrogen) atoms. The molecule has 1 aliphatic carbocycles. The molecule has 0 radical (unpaired) electrons. The SMILES string of the molecule is CN(C)C1(CNc2nn(C)cc2N)CCCC1. The molecule has 0 aliphatic heterocycles. The maximum atomic E-state index is 5.89. The van der Waals surface area contributed by atoms with Crippen molar-refractivity contribution in [2.45, 2.75) is 31.2 Å². The Balaban J connectivity index is 2.03. The first-order chi connectivity index (χ1) is 8.03. The minimum absolute atomic E-state index is 0.268. The quantitative estimate of drug-likeness (QED) is 0.828. The van der Waals surface area contributed by atoms with Crippen LogP contribution in [0.5, 0.6) is 0 Å². The van der Waals surface area contributed by atoms with Crippen LogP contribution < -0.4 is 11.1 Å². The van der Waals surface area contributed by atoms with Gasteiger partial charge < -0.3 is 16.0 Å². The van der Waals surface area contributed by atoms with E-state index in [4.69, 9.17) is 5.73 Å². The van der Waals surface area contributed by atoms with Gasteiger partial charge in [-0.1, -0.05) is 12.8 Å². The summed E-state index contributed by atoms with van der Waals surface area (Å²) in [6, 6.07) is 0. The second kappa shape index (κ2) is 4.56. The third-order valence-corrected chi connectivity index (χ3v) is 3.92. The van der Waals surface area contributed by atoms with Gasteiger partial charge in [-0.3, -0.25) is 4.68 Å². The molecular weight excluding hydrogens is 214 g/mol. The minimum atomic E-state index is 0.268. The van der Waals surface area contributed by atoms with Gasteiger partial charge in [-0.2, -0.15) is 5.10 Å². The van der Waals surface area contributed by atoms with Crippen molar-refractivity contribution in [1.29, 1.82) is 0 Å². The van der Waals surface area contributed by atoms with E-state index in [2.05, 4.69) is 29.4 Å². The summed E-state index contributed by atoms with van der Waals surface area (Å²) in [7, 11) is 6.21. The molecule has 2 rings (SSSR count). The number of nitrogens with two attached hydrogens (primary N) is 1. The number of likely N-dealkylation sites (N-methyl/N-ethyl adjacent to an activating group) is 1. The fraction of sp³-hybridized carbons (Fsp3) is 0.750. The standard InChI is InChI=1S/C12H23N5/c1-16(2)12(6-4-5-7-12)9-14-11-10(13)8-17(3)15-11/h8H,4-7,9,13H2,1-3H3,(H,14,15). The number of nitrogens with one attached hydrogen (secondary N) is 1. The van der Waals surface area contributed by atoms with Gasteiger partial charge >= 0.3 is 0 Å². The lowest BCUT2D eigenvalue weighted by Crippen LogP contribution is -2.47. The van der Waals surface area contributed by atoms with Crippen LogP contribution in [-0.2, 0) is 7.05 Å². The number of aryl methyl sites for hydroxylation is 1. The van der Waals surface area contributed by atoms with E-state index in [1.54, 1.807) is 4.68 Å². The van der Waals surface area contributed by atoms with Gasteiger partial charge in [0.05, 0.1) is 5.69 Å². The van der Waals surface area contributed by atoms with Gasteiger partial charge in [0, 0.05) is 25.3 Å². The Labute approximate surface area is 103 Å². The predicted octanol–water partition coefficient (Wildman–Crippen LogP) is 1.29. The summed E-state index contributed by atoms with van der Waals surface area (Å²) >= 11 is 0. The Morgan fingerprint density at radius 3 is 2.59 bits per heavy atom. The van der Waals surface area contributed by atoms with Crippen molar-refractivity contribution in [3.63, 3.8) is 0 Å². The number of anilines is 2. The second-order valence-electron chi connectivity index (χ2n) is 5.29. The lowest BCUT2D eigenvalue weighted by Gasteiger charge is -2.36. The zero-order chi connectivity index (χ0) is 12.5. The zero-order valence-electron chi connectivity index (χ0n) is 11.0. The van der Waals surface area contributed by atoms with Crippen molar-refractivity contribution in [1.82, 2.24) is 14.7 Å². The molecule has 1 aromatic heterocycles. The van der Waals surface area contributed by atoms with Crippen molar-refractivity contribution in [2.75, 3.05) is 31.7 Å². The Kier molecular flexibility index (Phi) is 3.28. The monoisotopic (exact) mass is 237 g/mol. The average Bonchev–Trinajstić information content (AvgIpc) is 2.83. The molecule has 1 aliphatic rings. The first kappa shape index (κ1) is 12.2. The summed E-state index contributed by atoms with van der Waals surface area (Å²) in [4.78, 5) is 2.34. The summed E-state index contributed by atoms with van der Waals surface area (Å²) < 4.78 is 1.74. The maximum absolute atomic E-state index is 5.89. The predicted molar refractivity (Wildman–Crippen MR) is 71.0 cm³/mol. The molecule has 3 N–H and O–H groups in total. The third-order valence-electron chi connectivity index (χ3n) is 3.92. The molecular formula is C12H23N5. The van der Waals surface area contributed by atoms with Gasteiger partial charge in [-0.25, -0.2) is 0 Å². The number of rotatable bonds is 4. The van der Waals surface area contributed by atoms with E-state index in [9.17, 15) is 0 Å². The first-order valence-corrected chi connectivity index (χ1v) is 6.24. The molecule has 96 valence electrons. The van der Waals surface area contributed by atoms with Crippen LogP contribution in [0.15, 0.2) is 6.20 Å². The van der Waals surface area contributed by atoms with Crippen molar-refractivity contribution < 1.29 is 0 Å². The largest absolute Gasteiger partial charge is 0.394 e. The molecule has 5 nitrogen and oxygen atoms in total. The number of nitrogen functional groups attached to an aromatic ring is 1. The van der Waals surface area contributed by atoms with Gasteiger partial charge in [-0.15, -0.1) is 0 Å².